The fourth-order valence-corrected chi connectivity index (χ4v) is 1.29. The Kier molecular flexibility index (Phi) is 3.70. The molecule has 0 fully saturated rings. The molecule has 16 heavy (non-hydrogen) atoms. The summed E-state index contributed by atoms with van der Waals surface area (Å²) in [5, 5.41) is 16.1. The molecule has 5 nitrogen and oxygen atoms in total. The van der Waals surface area contributed by atoms with Crippen LogP contribution >= 0.6 is 0 Å². The molecular weight excluding hydrogens is 208 g/mol. The van der Waals surface area contributed by atoms with Gasteiger partial charge in [-0.3, -0.25) is 4.79 Å². The molecule has 1 heterocycles. The van der Waals surface area contributed by atoms with E-state index in [0.29, 0.717) is 23.4 Å². The van der Waals surface area contributed by atoms with Crippen LogP contribution in [0.25, 0.3) is 0 Å². The van der Waals surface area contributed by atoms with Crippen LogP contribution in [-0.4, -0.2) is 28.3 Å². The van der Waals surface area contributed by atoms with E-state index in [1.807, 2.05) is 6.92 Å². The van der Waals surface area contributed by atoms with Gasteiger partial charge in [0.2, 0.25) is 0 Å². The number of amides is 1. The van der Waals surface area contributed by atoms with Gasteiger partial charge in [0, 0.05) is 6.54 Å². The Morgan fingerprint density at radius 1 is 1.56 bits per heavy atom. The maximum atomic E-state index is 11.8. The van der Waals surface area contributed by atoms with Gasteiger partial charge in [0.1, 0.15) is 11.3 Å². The van der Waals surface area contributed by atoms with Crippen LogP contribution in [0.2, 0.25) is 0 Å². The number of aromatic nitrogens is 1. The van der Waals surface area contributed by atoms with Gasteiger partial charge in [0.25, 0.3) is 5.91 Å². The summed E-state index contributed by atoms with van der Waals surface area (Å²) >= 11 is 0. The molecule has 0 spiro atoms. The number of nitrogens with zero attached hydrogens (tertiary/aromatic N) is 1. The largest absolute Gasteiger partial charge is 0.388 e. The van der Waals surface area contributed by atoms with Crippen molar-refractivity contribution in [2.75, 3.05) is 6.54 Å². The van der Waals surface area contributed by atoms with E-state index in [0.717, 1.165) is 0 Å². The molecule has 1 amide bonds. The Hall–Kier alpha value is -1.36. The molecule has 2 N–H and O–H groups in total. The molecule has 5 heteroatoms. The number of hydrogen-bond acceptors (Lipinski definition) is 4. The summed E-state index contributed by atoms with van der Waals surface area (Å²) in [6, 6.07) is 0. The van der Waals surface area contributed by atoms with Crippen LogP contribution in [0.1, 0.15) is 42.1 Å². The fraction of sp³-hybridized carbons (Fsp3) is 0.636. The van der Waals surface area contributed by atoms with Gasteiger partial charge in [-0.25, -0.2) is 0 Å². The van der Waals surface area contributed by atoms with Crippen molar-refractivity contribution >= 4 is 5.91 Å². The summed E-state index contributed by atoms with van der Waals surface area (Å²) in [6.07, 6.45) is 0.578. The molecule has 1 aromatic heterocycles. The Bertz CT molecular complexity index is 363. The molecule has 0 saturated carbocycles. The van der Waals surface area contributed by atoms with Gasteiger partial charge in [-0.05, 0) is 27.2 Å². The first-order valence-corrected chi connectivity index (χ1v) is 5.31. The highest BCUT2D eigenvalue weighted by molar-refractivity contribution is 5.96. The molecule has 1 unspecified atom stereocenters. The number of hydrogen-bond donors (Lipinski definition) is 2. The Morgan fingerprint density at radius 2 is 2.19 bits per heavy atom. The number of aryl methyl sites for hydroxylation is 2. The lowest BCUT2D eigenvalue weighted by Crippen LogP contribution is -2.40. The van der Waals surface area contributed by atoms with Gasteiger partial charge in [-0.1, -0.05) is 12.1 Å². The highest BCUT2D eigenvalue weighted by atomic mass is 16.5. The average molecular weight is 226 g/mol. The second-order valence-corrected chi connectivity index (χ2v) is 4.23. The van der Waals surface area contributed by atoms with E-state index in [4.69, 9.17) is 4.52 Å². The van der Waals surface area contributed by atoms with Crippen LogP contribution in [0.15, 0.2) is 4.52 Å². The van der Waals surface area contributed by atoms with Crippen molar-refractivity contribution < 1.29 is 14.4 Å². The Balaban J connectivity index is 2.67. The predicted molar refractivity (Wildman–Crippen MR) is 59.2 cm³/mol. The third-order valence-corrected chi connectivity index (χ3v) is 2.65. The van der Waals surface area contributed by atoms with E-state index in [1.54, 1.807) is 20.8 Å². The molecule has 0 aliphatic heterocycles. The molecule has 0 aliphatic rings. The van der Waals surface area contributed by atoms with Gasteiger partial charge >= 0.3 is 0 Å². The topological polar surface area (TPSA) is 75.4 Å². The zero-order valence-corrected chi connectivity index (χ0v) is 10.1. The fourth-order valence-electron chi connectivity index (χ4n) is 1.29. The van der Waals surface area contributed by atoms with Gasteiger partial charge in [-0.15, -0.1) is 0 Å². The van der Waals surface area contributed by atoms with Crippen LogP contribution in [0.3, 0.4) is 0 Å². The zero-order chi connectivity index (χ0) is 12.3. The van der Waals surface area contributed by atoms with Crippen molar-refractivity contribution in [2.45, 2.75) is 39.7 Å². The first-order valence-electron chi connectivity index (χ1n) is 5.31. The number of carbonyl (C=O) groups is 1. The monoisotopic (exact) mass is 226 g/mol. The van der Waals surface area contributed by atoms with E-state index in [2.05, 4.69) is 10.5 Å². The summed E-state index contributed by atoms with van der Waals surface area (Å²) in [5.74, 6) is 0.233. The van der Waals surface area contributed by atoms with Crippen LogP contribution in [-0.2, 0) is 0 Å². The number of carbonyl (C=O) groups excluding carboxylic acids is 1. The molecule has 90 valence electrons. The molecule has 0 aromatic carbocycles. The predicted octanol–water partition coefficient (Wildman–Crippen LogP) is 1.18. The lowest BCUT2D eigenvalue weighted by atomic mass is 10.0. The van der Waals surface area contributed by atoms with Gasteiger partial charge in [0.15, 0.2) is 0 Å². The smallest absolute Gasteiger partial charge is 0.256 e. The van der Waals surface area contributed by atoms with Crippen molar-refractivity contribution in [3.8, 4) is 0 Å². The summed E-state index contributed by atoms with van der Waals surface area (Å²) in [6.45, 7) is 7.16. The first kappa shape index (κ1) is 12.7. The zero-order valence-electron chi connectivity index (χ0n) is 10.1. The normalized spacial score (nSPS) is 14.6. The Labute approximate surface area is 94.8 Å². The maximum absolute atomic E-state index is 11.8. The van der Waals surface area contributed by atoms with Crippen molar-refractivity contribution in [1.82, 2.24) is 10.5 Å². The second-order valence-electron chi connectivity index (χ2n) is 4.23. The van der Waals surface area contributed by atoms with E-state index < -0.39 is 5.60 Å². The van der Waals surface area contributed by atoms with E-state index in [-0.39, 0.29) is 12.5 Å². The van der Waals surface area contributed by atoms with Crippen molar-refractivity contribution in [3.05, 3.63) is 17.0 Å². The third kappa shape index (κ3) is 2.82. The summed E-state index contributed by atoms with van der Waals surface area (Å²) in [4.78, 5) is 11.8. The number of nitrogens with one attached hydrogen (secondary N) is 1. The highest BCUT2D eigenvalue weighted by Crippen LogP contribution is 2.12. The van der Waals surface area contributed by atoms with Crippen molar-refractivity contribution in [1.29, 1.82) is 0 Å². The van der Waals surface area contributed by atoms with E-state index in [1.165, 1.54) is 0 Å². The quantitative estimate of drug-likeness (QED) is 0.808. The SMILES string of the molecule is CCC(C)(O)CNC(=O)c1c(C)noc1C. The van der Waals surface area contributed by atoms with Crippen molar-refractivity contribution in [3.63, 3.8) is 0 Å². The first-order chi connectivity index (χ1) is 7.37. The minimum Gasteiger partial charge on any atom is -0.388 e. The Morgan fingerprint density at radius 3 is 2.62 bits per heavy atom. The third-order valence-electron chi connectivity index (χ3n) is 2.65. The van der Waals surface area contributed by atoms with Crippen molar-refractivity contribution in [2.24, 2.45) is 0 Å². The van der Waals surface area contributed by atoms with E-state index >= 15 is 0 Å². The summed E-state index contributed by atoms with van der Waals surface area (Å²) in [5.41, 5.74) is 0.132. The molecule has 1 aromatic rings. The standard InChI is InChI=1S/C11H18N2O3/c1-5-11(4,15)6-12-10(14)9-7(2)13-16-8(9)3/h15H,5-6H2,1-4H3,(H,12,14). The minimum atomic E-state index is -0.880. The molecule has 0 saturated heterocycles. The molecular formula is C11H18N2O3. The average Bonchev–Trinajstić information content (AvgIpc) is 2.55. The second kappa shape index (κ2) is 4.65. The van der Waals surface area contributed by atoms with Gasteiger partial charge in [-0.2, -0.15) is 0 Å². The summed E-state index contributed by atoms with van der Waals surface area (Å²) < 4.78 is 4.90. The number of aliphatic hydroxyl groups is 1. The van der Waals surface area contributed by atoms with Crippen LogP contribution in [0.5, 0.6) is 0 Å². The number of rotatable bonds is 4. The molecule has 0 bridgehead atoms. The van der Waals surface area contributed by atoms with Gasteiger partial charge < -0.3 is 14.9 Å². The molecule has 1 rings (SSSR count). The van der Waals surface area contributed by atoms with Gasteiger partial charge in [0.05, 0.1) is 11.3 Å². The molecule has 1 atom stereocenters. The molecule has 0 aliphatic carbocycles. The van der Waals surface area contributed by atoms with Crippen LogP contribution in [0.4, 0.5) is 0 Å². The van der Waals surface area contributed by atoms with Crippen LogP contribution < -0.4 is 5.32 Å². The highest BCUT2D eigenvalue weighted by Gasteiger charge is 2.22. The molecule has 0 radical (unpaired) electrons. The lowest BCUT2D eigenvalue weighted by Gasteiger charge is -2.21. The maximum Gasteiger partial charge on any atom is 0.256 e. The summed E-state index contributed by atoms with van der Waals surface area (Å²) in [7, 11) is 0. The lowest BCUT2D eigenvalue weighted by molar-refractivity contribution is 0.0517. The van der Waals surface area contributed by atoms with E-state index in [9.17, 15) is 9.90 Å². The minimum absolute atomic E-state index is 0.215. The van der Waals surface area contributed by atoms with Crippen LogP contribution in [0, 0.1) is 13.8 Å².